The maximum atomic E-state index is 14.1. The van der Waals surface area contributed by atoms with Gasteiger partial charge in [0, 0.05) is 30.1 Å². The zero-order valence-corrected chi connectivity index (χ0v) is 22.4. The van der Waals surface area contributed by atoms with Crippen LogP contribution in [-0.2, 0) is 9.53 Å². The topological polar surface area (TPSA) is 102 Å². The third kappa shape index (κ3) is 5.98. The zero-order valence-electron chi connectivity index (χ0n) is 21.6. The molecule has 0 saturated heterocycles. The molecular weight excluding hydrogens is 506 g/mol. The van der Waals surface area contributed by atoms with Gasteiger partial charge in [0.25, 0.3) is 11.6 Å². The summed E-state index contributed by atoms with van der Waals surface area (Å²) in [6.45, 7) is 3.01. The van der Waals surface area contributed by atoms with E-state index in [4.69, 9.17) is 9.47 Å². The number of amides is 1. The third-order valence-corrected chi connectivity index (χ3v) is 7.56. The molecule has 9 nitrogen and oxygen atoms in total. The molecule has 3 aromatic carbocycles. The first-order chi connectivity index (χ1) is 18.2. The van der Waals surface area contributed by atoms with Gasteiger partial charge in [-0.05, 0) is 68.5 Å². The summed E-state index contributed by atoms with van der Waals surface area (Å²) in [5.41, 5.74) is 2.59. The molecule has 0 unspecified atom stereocenters. The van der Waals surface area contributed by atoms with E-state index < -0.39 is 22.2 Å². The van der Waals surface area contributed by atoms with Crippen molar-refractivity contribution in [3.05, 3.63) is 93.5 Å². The van der Waals surface area contributed by atoms with E-state index in [1.807, 2.05) is 56.3 Å². The molecule has 38 heavy (non-hydrogen) atoms. The summed E-state index contributed by atoms with van der Waals surface area (Å²) in [7, 11) is 5.44. The van der Waals surface area contributed by atoms with Crippen molar-refractivity contribution >= 4 is 35.0 Å². The average Bonchev–Trinajstić information content (AvgIpc) is 3.01. The Morgan fingerprint density at radius 1 is 1.08 bits per heavy atom. The van der Waals surface area contributed by atoms with E-state index >= 15 is 0 Å². The van der Waals surface area contributed by atoms with Crippen LogP contribution in [0, 0.1) is 17.0 Å². The molecule has 0 aromatic heterocycles. The zero-order chi connectivity index (χ0) is 27.4. The molecule has 0 aliphatic carbocycles. The number of fused-ring (bicyclic) bond motifs is 1. The normalized spacial score (nSPS) is 17.1. The highest BCUT2D eigenvalue weighted by Crippen LogP contribution is 2.47. The number of carbonyl (C=O) groups is 2. The minimum atomic E-state index is -1.15. The lowest BCUT2D eigenvalue weighted by Crippen LogP contribution is -2.45. The lowest BCUT2D eigenvalue weighted by molar-refractivity contribution is -0.384. The number of thioether (sulfide) groups is 1. The van der Waals surface area contributed by atoms with Gasteiger partial charge in [0.15, 0.2) is 6.10 Å². The van der Waals surface area contributed by atoms with Gasteiger partial charge >= 0.3 is 5.97 Å². The molecule has 0 saturated carbocycles. The number of nitro groups is 1. The largest absolute Gasteiger partial charge is 0.497 e. The number of nitro benzene ring substituents is 1. The first-order valence-electron chi connectivity index (χ1n) is 12.0. The van der Waals surface area contributed by atoms with Crippen LogP contribution in [0.4, 0.5) is 11.4 Å². The minimum Gasteiger partial charge on any atom is -0.497 e. The van der Waals surface area contributed by atoms with E-state index in [1.54, 1.807) is 24.1 Å². The highest BCUT2D eigenvalue weighted by Gasteiger charge is 2.41. The Bertz CT molecular complexity index is 1330. The Morgan fingerprint density at radius 2 is 1.76 bits per heavy atom. The molecule has 0 radical (unpaired) electrons. The van der Waals surface area contributed by atoms with E-state index in [-0.39, 0.29) is 17.2 Å². The van der Waals surface area contributed by atoms with Crippen LogP contribution >= 0.6 is 11.8 Å². The molecule has 10 heteroatoms. The van der Waals surface area contributed by atoms with Gasteiger partial charge in [0.05, 0.1) is 28.5 Å². The minimum absolute atomic E-state index is 0.124. The first kappa shape index (κ1) is 27.2. The van der Waals surface area contributed by atoms with Gasteiger partial charge < -0.3 is 19.3 Å². The van der Waals surface area contributed by atoms with Crippen molar-refractivity contribution in [2.24, 2.45) is 0 Å². The number of likely N-dealkylation sites (N-methyl/N-ethyl adjacent to an activating group) is 1. The predicted molar refractivity (Wildman–Crippen MR) is 146 cm³/mol. The van der Waals surface area contributed by atoms with Crippen molar-refractivity contribution in [3.8, 4) is 5.75 Å². The van der Waals surface area contributed by atoms with Crippen LogP contribution in [0.2, 0.25) is 0 Å². The molecule has 2 atom stereocenters. The van der Waals surface area contributed by atoms with Crippen LogP contribution in [0.1, 0.15) is 26.7 Å². The van der Waals surface area contributed by atoms with Crippen LogP contribution in [0.5, 0.6) is 5.75 Å². The van der Waals surface area contributed by atoms with Crippen LogP contribution in [0.3, 0.4) is 0 Å². The number of hydrogen-bond acceptors (Lipinski definition) is 8. The second kappa shape index (κ2) is 11.7. The molecular formula is C28H29N3O6S. The first-order valence-corrected chi connectivity index (χ1v) is 12.9. The van der Waals surface area contributed by atoms with Gasteiger partial charge in [-0.25, -0.2) is 4.79 Å². The number of methoxy groups -OCH3 is 1. The van der Waals surface area contributed by atoms with E-state index in [9.17, 15) is 19.7 Å². The Morgan fingerprint density at radius 3 is 2.37 bits per heavy atom. The molecule has 0 bridgehead atoms. The molecule has 0 fully saturated rings. The Kier molecular flexibility index (Phi) is 8.33. The Labute approximate surface area is 225 Å². The number of ether oxygens (including phenoxy) is 2. The Balaban J connectivity index is 1.77. The van der Waals surface area contributed by atoms with E-state index in [1.165, 1.54) is 36.0 Å². The van der Waals surface area contributed by atoms with Crippen LogP contribution in [0.15, 0.2) is 71.6 Å². The Hall–Kier alpha value is -3.89. The standard InChI is InChI=1S/C28H29N3O6S/c1-18-5-14-23-24(17-18)38-26(19-8-12-22(36-4)13-9-19)25(27(32)30(23)16-15-29(2)3)37-28(33)20-6-10-21(11-7-20)31(34)35/h5-14,17,25-26H,15-16H2,1-4H3/t25-,26+/m0/s1. The van der Waals surface area contributed by atoms with Crippen LogP contribution in [0.25, 0.3) is 0 Å². The maximum absolute atomic E-state index is 14.1. The van der Waals surface area contributed by atoms with Gasteiger partial charge in [0.2, 0.25) is 0 Å². The van der Waals surface area contributed by atoms with Gasteiger partial charge in [-0.15, -0.1) is 11.8 Å². The summed E-state index contributed by atoms with van der Waals surface area (Å²) < 4.78 is 11.2. The smallest absolute Gasteiger partial charge is 0.338 e. The lowest BCUT2D eigenvalue weighted by atomic mass is 10.0. The fourth-order valence-electron chi connectivity index (χ4n) is 4.12. The number of anilines is 1. The SMILES string of the molecule is COc1ccc([C@H]2Sc3cc(C)ccc3N(CCN(C)C)C(=O)[C@H]2OC(=O)c2ccc([N+](=O)[O-])cc2)cc1. The second-order valence-electron chi connectivity index (χ2n) is 9.21. The van der Waals surface area contributed by atoms with Crippen LogP contribution in [-0.4, -0.2) is 62.1 Å². The maximum Gasteiger partial charge on any atom is 0.338 e. The van der Waals surface area contributed by atoms with Crippen molar-refractivity contribution in [2.45, 2.75) is 23.2 Å². The third-order valence-electron chi connectivity index (χ3n) is 6.21. The summed E-state index contributed by atoms with van der Waals surface area (Å²) in [6, 6.07) is 18.4. The molecule has 1 heterocycles. The molecule has 1 aliphatic heterocycles. The lowest BCUT2D eigenvalue weighted by Gasteiger charge is -2.28. The predicted octanol–water partition coefficient (Wildman–Crippen LogP) is 4.88. The number of hydrogen-bond donors (Lipinski definition) is 0. The number of benzene rings is 3. The quantitative estimate of drug-likeness (QED) is 0.229. The van der Waals surface area contributed by atoms with Gasteiger partial charge in [-0.1, -0.05) is 18.2 Å². The van der Waals surface area contributed by atoms with Gasteiger partial charge in [-0.3, -0.25) is 14.9 Å². The summed E-state index contributed by atoms with van der Waals surface area (Å²) in [6.07, 6.45) is -1.15. The van der Waals surface area contributed by atoms with E-state index in [2.05, 4.69) is 0 Å². The number of carbonyl (C=O) groups excluding carboxylic acids is 2. The van der Waals surface area contributed by atoms with Crippen molar-refractivity contribution in [1.29, 1.82) is 0 Å². The molecule has 198 valence electrons. The molecule has 1 aliphatic rings. The fourth-order valence-corrected chi connectivity index (χ4v) is 5.54. The summed E-state index contributed by atoms with van der Waals surface area (Å²) >= 11 is 1.47. The second-order valence-corrected chi connectivity index (χ2v) is 10.4. The fraction of sp³-hybridized carbons (Fsp3) is 0.286. The van der Waals surface area contributed by atoms with E-state index in [0.717, 1.165) is 21.7 Å². The van der Waals surface area contributed by atoms with Crippen molar-refractivity contribution in [2.75, 3.05) is 39.2 Å². The van der Waals surface area contributed by atoms with Gasteiger partial charge in [-0.2, -0.15) is 0 Å². The number of esters is 1. The molecule has 4 rings (SSSR count). The number of nitrogens with zero attached hydrogens (tertiary/aromatic N) is 3. The summed E-state index contributed by atoms with van der Waals surface area (Å²) in [4.78, 5) is 42.4. The van der Waals surface area contributed by atoms with E-state index in [0.29, 0.717) is 18.8 Å². The van der Waals surface area contributed by atoms with Gasteiger partial charge in [0.1, 0.15) is 5.75 Å². The summed E-state index contributed by atoms with van der Waals surface area (Å²) in [5.74, 6) is -0.396. The molecule has 0 spiro atoms. The van der Waals surface area contributed by atoms with Crippen molar-refractivity contribution in [1.82, 2.24) is 4.90 Å². The average molecular weight is 536 g/mol. The molecule has 0 N–H and O–H groups in total. The van der Waals surface area contributed by atoms with Crippen LogP contribution < -0.4 is 9.64 Å². The highest BCUT2D eigenvalue weighted by molar-refractivity contribution is 7.99. The number of rotatable bonds is 8. The molecule has 1 amide bonds. The molecule has 3 aromatic rings. The number of non-ortho nitro benzene ring substituents is 1. The monoisotopic (exact) mass is 535 g/mol. The van der Waals surface area contributed by atoms with Crippen molar-refractivity contribution in [3.63, 3.8) is 0 Å². The highest BCUT2D eigenvalue weighted by atomic mass is 32.2. The number of aryl methyl sites for hydroxylation is 1. The van der Waals surface area contributed by atoms with Crippen molar-refractivity contribution < 1.29 is 24.0 Å². The summed E-state index contributed by atoms with van der Waals surface area (Å²) in [5, 5.41) is 10.5.